The molecule has 0 spiro atoms. The zero-order valence-corrected chi connectivity index (χ0v) is 10.4. The Hall–Kier alpha value is -1.55. The van der Waals surface area contributed by atoms with E-state index in [1.807, 2.05) is 24.3 Å². The lowest BCUT2D eigenvalue weighted by Gasteiger charge is -2.36. The molecule has 0 saturated carbocycles. The summed E-state index contributed by atoms with van der Waals surface area (Å²) >= 11 is 0. The number of oxazole rings is 1. The van der Waals surface area contributed by atoms with Crippen LogP contribution in [0.25, 0.3) is 11.1 Å². The fourth-order valence-electron chi connectivity index (χ4n) is 3.16. The number of nitrogens with zero attached hydrogens (tertiary/aromatic N) is 3. The van der Waals surface area contributed by atoms with Gasteiger partial charge in [0.05, 0.1) is 0 Å². The van der Waals surface area contributed by atoms with Crippen molar-refractivity contribution < 1.29 is 4.42 Å². The van der Waals surface area contributed by atoms with E-state index >= 15 is 0 Å². The van der Waals surface area contributed by atoms with Crippen LogP contribution in [0, 0.1) is 0 Å². The summed E-state index contributed by atoms with van der Waals surface area (Å²) < 4.78 is 5.85. The molecule has 4 rings (SSSR count). The highest BCUT2D eigenvalue weighted by molar-refractivity contribution is 5.74. The van der Waals surface area contributed by atoms with Gasteiger partial charge in [0, 0.05) is 25.7 Å². The summed E-state index contributed by atoms with van der Waals surface area (Å²) in [5.74, 6) is 0. The molecule has 0 bridgehead atoms. The molecule has 0 aliphatic carbocycles. The number of hydrogen-bond acceptors (Lipinski definition) is 4. The highest BCUT2D eigenvalue weighted by Crippen LogP contribution is 2.27. The fraction of sp³-hybridized carbons (Fsp3) is 0.500. The Morgan fingerprint density at radius 3 is 3.06 bits per heavy atom. The Labute approximate surface area is 106 Å². The third-order valence-corrected chi connectivity index (χ3v) is 4.14. The van der Waals surface area contributed by atoms with Crippen molar-refractivity contribution >= 4 is 17.1 Å². The van der Waals surface area contributed by atoms with E-state index in [1.165, 1.54) is 19.4 Å². The van der Waals surface area contributed by atoms with Crippen LogP contribution in [0.5, 0.6) is 0 Å². The molecule has 2 aliphatic rings. The molecule has 94 valence electrons. The van der Waals surface area contributed by atoms with E-state index in [-0.39, 0.29) is 0 Å². The van der Waals surface area contributed by atoms with Gasteiger partial charge in [0.15, 0.2) is 5.58 Å². The summed E-state index contributed by atoms with van der Waals surface area (Å²) in [6.07, 6.45) is 2.66. The second-order valence-corrected chi connectivity index (χ2v) is 5.24. The van der Waals surface area contributed by atoms with Gasteiger partial charge in [-0.15, -0.1) is 0 Å². The average molecular weight is 243 g/mol. The summed E-state index contributed by atoms with van der Waals surface area (Å²) in [7, 11) is 0. The van der Waals surface area contributed by atoms with E-state index in [9.17, 15) is 0 Å². The highest BCUT2D eigenvalue weighted by atomic mass is 16.4. The van der Waals surface area contributed by atoms with Crippen LogP contribution in [0.2, 0.25) is 0 Å². The summed E-state index contributed by atoms with van der Waals surface area (Å²) in [6.45, 7) is 4.51. The summed E-state index contributed by atoms with van der Waals surface area (Å²) in [5.41, 5.74) is 1.85. The van der Waals surface area contributed by atoms with Gasteiger partial charge < -0.3 is 9.32 Å². The van der Waals surface area contributed by atoms with Crippen molar-refractivity contribution in [2.24, 2.45) is 0 Å². The number of hydrogen-bond donors (Lipinski definition) is 0. The number of piperazine rings is 1. The molecule has 1 aromatic carbocycles. The molecule has 0 radical (unpaired) electrons. The molecule has 2 fully saturated rings. The average Bonchev–Trinajstić information content (AvgIpc) is 3.04. The molecule has 0 N–H and O–H groups in total. The van der Waals surface area contributed by atoms with E-state index in [0.29, 0.717) is 6.04 Å². The van der Waals surface area contributed by atoms with Crippen LogP contribution in [0.3, 0.4) is 0 Å². The first-order valence-electron chi connectivity index (χ1n) is 6.75. The first-order valence-corrected chi connectivity index (χ1v) is 6.75. The maximum absolute atomic E-state index is 5.85. The molecule has 1 atom stereocenters. The number of para-hydroxylation sites is 2. The second kappa shape index (κ2) is 3.99. The van der Waals surface area contributed by atoms with E-state index in [4.69, 9.17) is 4.42 Å². The van der Waals surface area contributed by atoms with Crippen molar-refractivity contribution in [3.63, 3.8) is 0 Å². The minimum Gasteiger partial charge on any atom is -0.423 e. The lowest BCUT2D eigenvalue weighted by atomic mass is 10.2. The minimum absolute atomic E-state index is 0.703. The van der Waals surface area contributed by atoms with Gasteiger partial charge in [0.1, 0.15) is 5.52 Å². The lowest BCUT2D eigenvalue weighted by Crippen LogP contribution is -2.50. The van der Waals surface area contributed by atoms with E-state index < -0.39 is 0 Å². The third kappa shape index (κ3) is 1.60. The van der Waals surface area contributed by atoms with Gasteiger partial charge in [-0.2, -0.15) is 4.98 Å². The maximum Gasteiger partial charge on any atom is 0.298 e. The smallest absolute Gasteiger partial charge is 0.298 e. The zero-order valence-electron chi connectivity index (χ0n) is 10.4. The molecule has 4 heteroatoms. The molecule has 2 saturated heterocycles. The van der Waals surface area contributed by atoms with Gasteiger partial charge in [-0.1, -0.05) is 12.1 Å². The summed E-state index contributed by atoms with van der Waals surface area (Å²) in [4.78, 5) is 9.49. The topological polar surface area (TPSA) is 32.5 Å². The number of anilines is 1. The standard InChI is InChI=1S/C14H17N3O/c1-2-6-13-12(5-1)15-14(18-13)17-9-8-16-7-3-4-11(16)10-17/h1-2,5-6,11H,3-4,7-10H2. The molecule has 1 aromatic heterocycles. The summed E-state index contributed by atoms with van der Waals surface area (Å²) in [5, 5.41) is 0. The number of rotatable bonds is 1. The lowest BCUT2D eigenvalue weighted by molar-refractivity contribution is 0.226. The number of fused-ring (bicyclic) bond motifs is 2. The van der Waals surface area contributed by atoms with Crippen LogP contribution in [-0.2, 0) is 0 Å². The molecule has 0 amide bonds. The van der Waals surface area contributed by atoms with Gasteiger partial charge in [0.25, 0.3) is 6.01 Å². The number of aromatic nitrogens is 1. The van der Waals surface area contributed by atoms with Crippen LogP contribution in [0.4, 0.5) is 6.01 Å². The molecule has 4 nitrogen and oxygen atoms in total. The molecule has 18 heavy (non-hydrogen) atoms. The van der Waals surface area contributed by atoms with Crippen LogP contribution in [0.15, 0.2) is 28.7 Å². The third-order valence-electron chi connectivity index (χ3n) is 4.14. The molecule has 1 unspecified atom stereocenters. The Morgan fingerprint density at radius 2 is 2.11 bits per heavy atom. The van der Waals surface area contributed by atoms with Gasteiger partial charge in [-0.05, 0) is 31.5 Å². The second-order valence-electron chi connectivity index (χ2n) is 5.24. The predicted octanol–water partition coefficient (Wildman–Crippen LogP) is 2.11. The van der Waals surface area contributed by atoms with Crippen molar-refractivity contribution in [3.05, 3.63) is 24.3 Å². The first-order chi connectivity index (χ1) is 8.90. The SMILES string of the molecule is c1ccc2oc(N3CCN4CCCC4C3)nc2c1. The normalized spacial score (nSPS) is 24.7. The monoisotopic (exact) mass is 243 g/mol. The van der Waals surface area contributed by atoms with Crippen LogP contribution < -0.4 is 4.90 Å². The van der Waals surface area contributed by atoms with E-state index in [0.717, 1.165) is 36.7 Å². The minimum atomic E-state index is 0.703. The zero-order chi connectivity index (χ0) is 11.9. The quantitative estimate of drug-likeness (QED) is 0.768. The maximum atomic E-state index is 5.85. The van der Waals surface area contributed by atoms with Gasteiger partial charge in [0.2, 0.25) is 0 Å². The first kappa shape index (κ1) is 10.4. The van der Waals surface area contributed by atoms with Gasteiger partial charge in [-0.25, -0.2) is 0 Å². The van der Waals surface area contributed by atoms with Crippen molar-refractivity contribution in [2.45, 2.75) is 18.9 Å². The Bertz CT molecular complexity index is 532. The molecular weight excluding hydrogens is 226 g/mol. The van der Waals surface area contributed by atoms with Crippen molar-refractivity contribution in [1.82, 2.24) is 9.88 Å². The molecule has 3 heterocycles. The van der Waals surface area contributed by atoms with Gasteiger partial charge >= 0.3 is 0 Å². The summed E-state index contributed by atoms with van der Waals surface area (Å²) in [6, 6.07) is 9.48. The van der Waals surface area contributed by atoms with Crippen molar-refractivity contribution in [3.8, 4) is 0 Å². The largest absolute Gasteiger partial charge is 0.423 e. The van der Waals surface area contributed by atoms with Crippen LogP contribution in [0.1, 0.15) is 12.8 Å². The molecule has 2 aromatic rings. The predicted molar refractivity (Wildman–Crippen MR) is 70.8 cm³/mol. The van der Waals surface area contributed by atoms with Gasteiger partial charge in [-0.3, -0.25) is 4.90 Å². The van der Waals surface area contributed by atoms with Crippen molar-refractivity contribution in [1.29, 1.82) is 0 Å². The van der Waals surface area contributed by atoms with Crippen LogP contribution >= 0.6 is 0 Å². The van der Waals surface area contributed by atoms with Crippen LogP contribution in [-0.4, -0.2) is 42.1 Å². The Kier molecular flexibility index (Phi) is 2.30. The van der Waals surface area contributed by atoms with E-state index in [2.05, 4.69) is 14.8 Å². The molecule has 2 aliphatic heterocycles. The molecular formula is C14H17N3O. The highest BCUT2D eigenvalue weighted by Gasteiger charge is 2.32. The fourth-order valence-corrected chi connectivity index (χ4v) is 3.16. The van der Waals surface area contributed by atoms with E-state index in [1.54, 1.807) is 0 Å². The van der Waals surface area contributed by atoms with Crippen molar-refractivity contribution in [2.75, 3.05) is 31.1 Å². The number of benzene rings is 1. The Morgan fingerprint density at radius 1 is 1.17 bits per heavy atom. The Balaban J connectivity index is 1.62.